The van der Waals surface area contributed by atoms with E-state index in [1.807, 2.05) is 26.0 Å². The number of benzene rings is 3. The van der Waals surface area contributed by atoms with Gasteiger partial charge in [-0.2, -0.15) is 23.5 Å². The molecule has 3 N–H and O–H groups in total. The fourth-order valence-corrected chi connectivity index (χ4v) is 4.57. The van der Waals surface area contributed by atoms with Crippen LogP contribution in [0.4, 0.5) is 18.9 Å². The quantitative estimate of drug-likeness (QED) is 0.190. The molecule has 1 unspecified atom stereocenters. The van der Waals surface area contributed by atoms with Gasteiger partial charge in [0, 0.05) is 23.0 Å². The number of carbonyl (C=O) groups is 2. The number of halogens is 3. The van der Waals surface area contributed by atoms with Gasteiger partial charge in [-0.1, -0.05) is 24.3 Å². The number of fused-ring (bicyclic) bond motifs is 1. The molecule has 0 amide bonds. The molecule has 0 saturated carbocycles. The lowest BCUT2D eigenvalue weighted by molar-refractivity contribution is -0.192. The first kappa shape index (κ1) is 32.0. The fourth-order valence-electron chi connectivity index (χ4n) is 4.57. The number of anilines is 1. The van der Waals surface area contributed by atoms with Gasteiger partial charge < -0.3 is 19.9 Å². The van der Waals surface area contributed by atoms with Crippen LogP contribution in [0.5, 0.6) is 0 Å². The molecule has 0 aliphatic rings. The van der Waals surface area contributed by atoms with Gasteiger partial charge in [-0.15, -0.1) is 0 Å². The second kappa shape index (κ2) is 12.8. The van der Waals surface area contributed by atoms with Gasteiger partial charge in [-0.3, -0.25) is 4.79 Å². The number of carboxylic acids is 2. The van der Waals surface area contributed by atoms with Crippen LogP contribution in [0.15, 0.2) is 82.3 Å². The summed E-state index contributed by atoms with van der Waals surface area (Å²) in [5, 5.41) is 34.1. The number of aromatic nitrogens is 2. The Kier molecular flexibility index (Phi) is 9.08. The maximum absolute atomic E-state index is 13.5. The van der Waals surface area contributed by atoms with Crippen molar-refractivity contribution in [1.29, 1.82) is 5.26 Å². The van der Waals surface area contributed by atoms with Crippen LogP contribution in [0.25, 0.3) is 28.0 Å². The van der Waals surface area contributed by atoms with E-state index in [0.717, 1.165) is 11.1 Å². The summed E-state index contributed by atoms with van der Waals surface area (Å²) in [6.45, 7) is 5.52. The van der Waals surface area contributed by atoms with Crippen molar-refractivity contribution in [1.82, 2.24) is 9.78 Å². The maximum atomic E-state index is 13.5. The van der Waals surface area contributed by atoms with Crippen LogP contribution in [0, 0.1) is 25.2 Å². The van der Waals surface area contributed by atoms with Gasteiger partial charge in [0.15, 0.2) is 5.43 Å². The third kappa shape index (κ3) is 7.02. The van der Waals surface area contributed by atoms with Gasteiger partial charge in [-0.05, 0) is 62.7 Å². The van der Waals surface area contributed by atoms with Gasteiger partial charge in [-0.25, -0.2) is 14.3 Å². The van der Waals surface area contributed by atoms with Crippen LogP contribution in [-0.2, 0) is 4.79 Å². The summed E-state index contributed by atoms with van der Waals surface area (Å²) in [4.78, 5) is 34.1. The molecule has 0 aliphatic carbocycles. The molecule has 230 valence electrons. The van der Waals surface area contributed by atoms with Crippen LogP contribution in [0.1, 0.15) is 45.6 Å². The van der Waals surface area contributed by atoms with Crippen molar-refractivity contribution in [3.8, 4) is 23.1 Å². The van der Waals surface area contributed by atoms with E-state index in [4.69, 9.17) is 14.3 Å². The number of nitriles is 1. The molecule has 0 radical (unpaired) electrons. The van der Waals surface area contributed by atoms with E-state index in [9.17, 15) is 33.1 Å². The lowest BCUT2D eigenvalue weighted by atomic mass is 9.99. The van der Waals surface area contributed by atoms with E-state index in [1.165, 1.54) is 6.07 Å². The zero-order chi connectivity index (χ0) is 33.1. The van der Waals surface area contributed by atoms with Gasteiger partial charge >= 0.3 is 18.1 Å². The molecule has 2 aromatic heterocycles. The van der Waals surface area contributed by atoms with Crippen molar-refractivity contribution >= 4 is 28.6 Å². The van der Waals surface area contributed by atoms with Gasteiger partial charge in [0.25, 0.3) is 0 Å². The average Bonchev–Trinajstić information content (AvgIpc) is 3.49. The molecule has 2 heterocycles. The lowest BCUT2D eigenvalue weighted by Crippen LogP contribution is -2.21. The number of rotatable bonds is 6. The van der Waals surface area contributed by atoms with E-state index in [0.29, 0.717) is 44.8 Å². The number of alkyl halides is 3. The molecule has 10 nitrogen and oxygen atoms in total. The zero-order valence-electron chi connectivity index (χ0n) is 24.0. The van der Waals surface area contributed by atoms with Crippen LogP contribution in [0.3, 0.4) is 0 Å². The van der Waals surface area contributed by atoms with Crippen molar-refractivity contribution in [2.45, 2.75) is 33.0 Å². The molecular weight excluding hydrogens is 593 g/mol. The summed E-state index contributed by atoms with van der Waals surface area (Å²) >= 11 is 0. The average molecular weight is 619 g/mol. The summed E-state index contributed by atoms with van der Waals surface area (Å²) in [7, 11) is 0. The molecule has 0 fully saturated rings. The summed E-state index contributed by atoms with van der Waals surface area (Å²) in [6.07, 6.45) is -1.71. The van der Waals surface area contributed by atoms with Crippen molar-refractivity contribution in [3.05, 3.63) is 111 Å². The first-order valence-corrected chi connectivity index (χ1v) is 13.2. The molecule has 13 heteroatoms. The second-order valence-corrected chi connectivity index (χ2v) is 9.97. The summed E-state index contributed by atoms with van der Waals surface area (Å²) in [6, 6.07) is 19.2. The van der Waals surface area contributed by atoms with E-state index >= 15 is 0 Å². The fraction of sp³-hybridized carbons (Fsp3) is 0.156. The highest BCUT2D eigenvalue weighted by atomic mass is 19.4. The predicted molar refractivity (Wildman–Crippen MR) is 158 cm³/mol. The number of para-hydroxylation sites is 1. The van der Waals surface area contributed by atoms with Crippen molar-refractivity contribution in [2.24, 2.45) is 0 Å². The molecule has 45 heavy (non-hydrogen) atoms. The van der Waals surface area contributed by atoms with Gasteiger partial charge in [0.2, 0.25) is 0 Å². The Bertz CT molecular complexity index is 2020. The highest BCUT2D eigenvalue weighted by molar-refractivity contribution is 5.94. The van der Waals surface area contributed by atoms with Crippen LogP contribution in [0.2, 0.25) is 0 Å². The lowest BCUT2D eigenvalue weighted by Gasteiger charge is -2.19. The Morgan fingerprint density at radius 1 is 1.07 bits per heavy atom. The minimum atomic E-state index is -5.08. The molecule has 1 atom stereocenters. The normalized spacial score (nSPS) is 11.7. The Morgan fingerprint density at radius 3 is 2.40 bits per heavy atom. The van der Waals surface area contributed by atoms with Gasteiger partial charge in [0.05, 0.1) is 46.1 Å². The summed E-state index contributed by atoms with van der Waals surface area (Å²) < 4.78 is 39.8. The Balaban J connectivity index is 0.000000591. The Morgan fingerprint density at radius 2 is 1.76 bits per heavy atom. The number of hydrogen-bond donors (Lipinski definition) is 3. The van der Waals surface area contributed by atoms with E-state index in [-0.39, 0.29) is 17.0 Å². The topological polar surface area (TPSA) is 158 Å². The van der Waals surface area contributed by atoms with Crippen molar-refractivity contribution in [2.75, 3.05) is 5.32 Å². The summed E-state index contributed by atoms with van der Waals surface area (Å²) in [5.74, 6) is -3.39. The monoisotopic (exact) mass is 618 g/mol. The number of carboxylic acid groups (broad SMARTS) is 2. The van der Waals surface area contributed by atoms with E-state index in [1.54, 1.807) is 66.5 Å². The first-order valence-electron chi connectivity index (χ1n) is 13.2. The Labute approximate surface area is 253 Å². The number of nitrogens with zero attached hydrogens (tertiary/aromatic N) is 3. The minimum absolute atomic E-state index is 0.149. The van der Waals surface area contributed by atoms with Crippen molar-refractivity contribution < 1.29 is 37.4 Å². The molecule has 5 rings (SSSR count). The molecule has 5 aromatic rings. The minimum Gasteiger partial charge on any atom is -0.478 e. The molecular formula is C32H25F3N4O6. The predicted octanol–water partition coefficient (Wildman–Crippen LogP) is 6.64. The smallest absolute Gasteiger partial charge is 0.478 e. The number of nitrogens with one attached hydrogen (secondary N) is 1. The number of hydrogen-bond acceptors (Lipinski definition) is 7. The van der Waals surface area contributed by atoms with E-state index in [2.05, 4.69) is 16.5 Å². The Hall–Kier alpha value is -5.90. The molecule has 3 aromatic carbocycles. The van der Waals surface area contributed by atoms with Crippen LogP contribution >= 0.6 is 0 Å². The third-order valence-corrected chi connectivity index (χ3v) is 6.71. The van der Waals surface area contributed by atoms with Crippen LogP contribution in [-0.4, -0.2) is 38.1 Å². The molecule has 0 bridgehead atoms. The number of aliphatic carboxylic acids is 1. The first-order chi connectivity index (χ1) is 21.2. The molecule has 0 spiro atoms. The SMILES string of the molecule is Cc1cc(C(C)Nc2ccccc2C(=O)O)c2oc(-c3cnn(-c4cccc(C#N)c4)c3)c(C)c(=O)c2c1.O=C(O)C(F)(F)F. The number of aromatic carboxylic acids is 1. The highest BCUT2D eigenvalue weighted by Crippen LogP contribution is 2.33. The maximum Gasteiger partial charge on any atom is 0.490 e. The molecule has 0 aliphatic heterocycles. The van der Waals surface area contributed by atoms with Gasteiger partial charge in [0.1, 0.15) is 11.3 Å². The number of aryl methyl sites for hydroxylation is 1. The van der Waals surface area contributed by atoms with Crippen molar-refractivity contribution in [3.63, 3.8) is 0 Å². The molecule has 0 saturated heterocycles. The third-order valence-electron chi connectivity index (χ3n) is 6.71. The second-order valence-electron chi connectivity index (χ2n) is 9.97. The standard InChI is InChI=1S/C30H24N4O4.C2HF3O2/c1-17-11-24(19(3)33-26-10-5-4-9-23(26)30(36)37)29-25(12-17)27(35)18(2)28(38-29)21-15-32-34(16-21)22-8-6-7-20(13-22)14-31;3-2(4,5)1(6)7/h4-13,15-16,19,33H,1-3H3,(H,36,37);(H,6,7). The highest BCUT2D eigenvalue weighted by Gasteiger charge is 2.38. The summed E-state index contributed by atoms with van der Waals surface area (Å²) in [5.41, 5.74) is 4.81. The van der Waals surface area contributed by atoms with Crippen LogP contribution < -0.4 is 10.7 Å². The van der Waals surface area contributed by atoms with E-state index < -0.39 is 18.1 Å². The zero-order valence-corrected chi connectivity index (χ0v) is 24.0. The largest absolute Gasteiger partial charge is 0.490 e.